The number of nitrogens with one attached hydrogen (secondary N) is 2. The second-order valence-electron chi connectivity index (χ2n) is 6.65. The highest BCUT2D eigenvalue weighted by molar-refractivity contribution is 6.04. The van der Waals surface area contributed by atoms with E-state index in [2.05, 4.69) is 25.6 Å². The number of anilines is 3. The Balaban J connectivity index is 1.46. The molecule has 2 heterocycles. The van der Waals surface area contributed by atoms with Crippen LogP contribution in [0.5, 0.6) is 0 Å². The molecule has 0 fully saturated rings. The van der Waals surface area contributed by atoms with Crippen LogP contribution in [0, 0.1) is 13.8 Å². The lowest BCUT2D eigenvalue weighted by Gasteiger charge is -2.10. The van der Waals surface area contributed by atoms with E-state index in [-0.39, 0.29) is 5.91 Å². The standard InChI is InChI=1S/C22H20N6O/c1-15-3-5-17(6-4-15)22(29)27-19-9-7-18(8-10-19)26-20-13-21(25-16(2)24-20)28-12-11-23-14-28/h3-14H,1-2H3,(H,27,29)(H,24,25,26). The molecular weight excluding hydrogens is 364 g/mol. The lowest BCUT2D eigenvalue weighted by Crippen LogP contribution is -2.11. The van der Waals surface area contributed by atoms with E-state index in [1.165, 1.54) is 0 Å². The van der Waals surface area contributed by atoms with Gasteiger partial charge in [-0.2, -0.15) is 0 Å². The zero-order chi connectivity index (χ0) is 20.2. The molecule has 29 heavy (non-hydrogen) atoms. The molecule has 0 aliphatic rings. The minimum Gasteiger partial charge on any atom is -0.340 e. The fourth-order valence-electron chi connectivity index (χ4n) is 2.84. The molecule has 4 aromatic rings. The maximum Gasteiger partial charge on any atom is 0.255 e. The normalized spacial score (nSPS) is 10.6. The minimum atomic E-state index is -0.137. The van der Waals surface area contributed by atoms with Gasteiger partial charge in [0.2, 0.25) is 0 Å². The van der Waals surface area contributed by atoms with Gasteiger partial charge in [0.1, 0.15) is 23.8 Å². The highest BCUT2D eigenvalue weighted by Crippen LogP contribution is 2.20. The molecule has 2 N–H and O–H groups in total. The molecule has 0 atom stereocenters. The summed E-state index contributed by atoms with van der Waals surface area (Å²) in [6.45, 7) is 3.83. The number of aromatic nitrogens is 4. The van der Waals surface area contributed by atoms with Gasteiger partial charge in [-0.3, -0.25) is 9.36 Å². The molecule has 0 spiro atoms. The topological polar surface area (TPSA) is 84.7 Å². The van der Waals surface area contributed by atoms with Crippen LogP contribution in [0.1, 0.15) is 21.7 Å². The van der Waals surface area contributed by atoms with Gasteiger partial charge in [0.15, 0.2) is 0 Å². The monoisotopic (exact) mass is 384 g/mol. The van der Waals surface area contributed by atoms with Gasteiger partial charge < -0.3 is 10.6 Å². The minimum absolute atomic E-state index is 0.137. The average molecular weight is 384 g/mol. The van der Waals surface area contributed by atoms with Gasteiger partial charge in [-0.25, -0.2) is 15.0 Å². The Morgan fingerprint density at radius 1 is 0.931 bits per heavy atom. The van der Waals surface area contributed by atoms with Crippen LogP contribution < -0.4 is 10.6 Å². The number of nitrogens with zero attached hydrogens (tertiary/aromatic N) is 4. The first-order chi connectivity index (χ1) is 14.1. The quantitative estimate of drug-likeness (QED) is 0.537. The summed E-state index contributed by atoms with van der Waals surface area (Å²) in [5.74, 6) is 1.93. The van der Waals surface area contributed by atoms with E-state index in [1.807, 2.05) is 79.2 Å². The SMILES string of the molecule is Cc1ccc(C(=O)Nc2ccc(Nc3cc(-n4ccnc4)nc(C)n3)cc2)cc1. The van der Waals surface area contributed by atoms with Crippen LogP contribution in [0.2, 0.25) is 0 Å². The third-order valence-electron chi connectivity index (χ3n) is 4.32. The molecule has 7 nitrogen and oxygen atoms in total. The average Bonchev–Trinajstić information content (AvgIpc) is 3.24. The zero-order valence-corrected chi connectivity index (χ0v) is 16.1. The molecule has 4 rings (SSSR count). The zero-order valence-electron chi connectivity index (χ0n) is 16.1. The molecule has 1 amide bonds. The van der Waals surface area contributed by atoms with Crippen molar-refractivity contribution in [2.24, 2.45) is 0 Å². The van der Waals surface area contributed by atoms with Crippen molar-refractivity contribution in [3.05, 3.63) is 90.3 Å². The molecule has 7 heteroatoms. The Morgan fingerprint density at radius 3 is 2.34 bits per heavy atom. The summed E-state index contributed by atoms with van der Waals surface area (Å²) in [7, 11) is 0. The third-order valence-corrected chi connectivity index (χ3v) is 4.32. The van der Waals surface area contributed by atoms with Crippen LogP contribution in [-0.4, -0.2) is 25.4 Å². The number of carbonyl (C=O) groups is 1. The Kier molecular flexibility index (Phi) is 5.03. The van der Waals surface area contributed by atoms with Gasteiger partial charge in [0.05, 0.1) is 0 Å². The molecule has 0 saturated carbocycles. The van der Waals surface area contributed by atoms with Crippen LogP contribution in [-0.2, 0) is 0 Å². The Morgan fingerprint density at radius 2 is 1.66 bits per heavy atom. The second kappa shape index (κ2) is 7.93. The van der Waals surface area contributed by atoms with E-state index in [1.54, 1.807) is 12.5 Å². The van der Waals surface area contributed by atoms with Gasteiger partial charge in [0, 0.05) is 35.4 Å². The van der Waals surface area contributed by atoms with Gasteiger partial charge in [-0.1, -0.05) is 17.7 Å². The molecule has 144 valence electrons. The third kappa shape index (κ3) is 4.47. The maximum absolute atomic E-state index is 12.3. The van der Waals surface area contributed by atoms with Crippen LogP contribution in [0.3, 0.4) is 0 Å². The molecule has 0 unspecified atom stereocenters. The van der Waals surface area contributed by atoms with E-state index in [0.717, 1.165) is 22.8 Å². The van der Waals surface area contributed by atoms with Crippen molar-refractivity contribution in [2.45, 2.75) is 13.8 Å². The van der Waals surface area contributed by atoms with Crippen molar-refractivity contribution in [3.8, 4) is 5.82 Å². The van der Waals surface area contributed by atoms with Crippen LogP contribution >= 0.6 is 0 Å². The number of hydrogen-bond donors (Lipinski definition) is 2. The largest absolute Gasteiger partial charge is 0.340 e. The summed E-state index contributed by atoms with van der Waals surface area (Å²) in [4.78, 5) is 25.2. The fourth-order valence-corrected chi connectivity index (χ4v) is 2.84. The predicted octanol–water partition coefficient (Wildman–Crippen LogP) is 4.28. The number of rotatable bonds is 5. The van der Waals surface area contributed by atoms with Crippen molar-refractivity contribution >= 4 is 23.1 Å². The summed E-state index contributed by atoms with van der Waals surface area (Å²) >= 11 is 0. The molecule has 2 aromatic heterocycles. The van der Waals surface area contributed by atoms with Crippen LogP contribution in [0.15, 0.2) is 73.3 Å². The predicted molar refractivity (Wildman–Crippen MR) is 113 cm³/mol. The smallest absolute Gasteiger partial charge is 0.255 e. The van der Waals surface area contributed by atoms with Gasteiger partial charge in [0.25, 0.3) is 5.91 Å². The van der Waals surface area contributed by atoms with Crippen molar-refractivity contribution in [2.75, 3.05) is 10.6 Å². The highest BCUT2D eigenvalue weighted by Gasteiger charge is 2.07. The number of amides is 1. The molecule has 0 aliphatic heterocycles. The lowest BCUT2D eigenvalue weighted by atomic mass is 10.1. The van der Waals surface area contributed by atoms with Gasteiger partial charge in [-0.15, -0.1) is 0 Å². The van der Waals surface area contributed by atoms with E-state index >= 15 is 0 Å². The molecule has 0 radical (unpaired) electrons. The maximum atomic E-state index is 12.3. The highest BCUT2D eigenvalue weighted by atomic mass is 16.1. The molecule has 0 bridgehead atoms. The Hall–Kier alpha value is -4.00. The number of aryl methyl sites for hydroxylation is 2. The van der Waals surface area contributed by atoms with Crippen LogP contribution in [0.4, 0.5) is 17.2 Å². The summed E-state index contributed by atoms with van der Waals surface area (Å²) < 4.78 is 1.82. The van der Waals surface area contributed by atoms with Gasteiger partial charge >= 0.3 is 0 Å². The van der Waals surface area contributed by atoms with Crippen LogP contribution in [0.25, 0.3) is 5.82 Å². The number of carbonyl (C=O) groups excluding carboxylic acids is 1. The number of benzene rings is 2. The van der Waals surface area contributed by atoms with E-state index in [0.29, 0.717) is 17.2 Å². The molecule has 2 aromatic carbocycles. The Labute approximate surface area is 168 Å². The first kappa shape index (κ1) is 18.4. The van der Waals surface area contributed by atoms with Crippen molar-refractivity contribution in [1.82, 2.24) is 19.5 Å². The molecule has 0 saturated heterocycles. The molecular formula is C22H20N6O. The van der Waals surface area contributed by atoms with Crippen molar-refractivity contribution < 1.29 is 4.79 Å². The fraction of sp³-hybridized carbons (Fsp3) is 0.0909. The number of imidazole rings is 1. The van der Waals surface area contributed by atoms with E-state index in [4.69, 9.17) is 0 Å². The lowest BCUT2D eigenvalue weighted by molar-refractivity contribution is 0.102. The second-order valence-corrected chi connectivity index (χ2v) is 6.65. The summed E-state index contributed by atoms with van der Waals surface area (Å²) in [6, 6.07) is 16.8. The van der Waals surface area contributed by atoms with E-state index in [9.17, 15) is 4.79 Å². The first-order valence-electron chi connectivity index (χ1n) is 9.16. The summed E-state index contributed by atoms with van der Waals surface area (Å²) in [5.41, 5.74) is 3.32. The molecule has 0 aliphatic carbocycles. The van der Waals surface area contributed by atoms with Gasteiger partial charge in [-0.05, 0) is 50.2 Å². The summed E-state index contributed by atoms with van der Waals surface area (Å²) in [5, 5.41) is 6.17. The van der Waals surface area contributed by atoms with Crippen molar-refractivity contribution in [1.29, 1.82) is 0 Å². The van der Waals surface area contributed by atoms with Crippen molar-refractivity contribution in [3.63, 3.8) is 0 Å². The summed E-state index contributed by atoms with van der Waals surface area (Å²) in [6.07, 6.45) is 5.22. The Bertz CT molecular complexity index is 1120. The first-order valence-corrected chi connectivity index (χ1v) is 9.16. The number of hydrogen-bond acceptors (Lipinski definition) is 5. The van der Waals surface area contributed by atoms with E-state index < -0.39 is 0 Å².